The number of hydrogen-bond donors (Lipinski definition) is 1. The number of nitrogens with zero attached hydrogens (tertiary/aromatic N) is 1. The molecule has 0 spiro atoms. The normalized spacial score (nSPS) is 12.1. The van der Waals surface area contributed by atoms with Crippen LogP contribution in [-0.4, -0.2) is 18.9 Å². The van der Waals surface area contributed by atoms with Gasteiger partial charge in [0.1, 0.15) is 6.54 Å². The molecule has 0 aliphatic carbocycles. The Morgan fingerprint density at radius 1 is 0.971 bits per heavy atom. The highest BCUT2D eigenvalue weighted by atomic mass is 32.2. The molecule has 4 rings (SSSR count). The van der Waals surface area contributed by atoms with Crippen molar-refractivity contribution in [2.45, 2.75) is 30.3 Å². The largest absolute Gasteiger partial charge is 0.418 e. The molecule has 34 heavy (non-hydrogen) atoms. The molecule has 5 nitrogen and oxygen atoms in total. The molecule has 0 bridgehead atoms. The van der Waals surface area contributed by atoms with Crippen LogP contribution in [0.4, 0.5) is 18.9 Å². The molecule has 1 N–H and O–H groups in total. The zero-order valence-electron chi connectivity index (χ0n) is 18.1. The average molecular weight is 487 g/mol. The van der Waals surface area contributed by atoms with Gasteiger partial charge in [-0.2, -0.15) is 13.2 Å². The summed E-state index contributed by atoms with van der Waals surface area (Å²) in [4.78, 5) is 12.7. The Morgan fingerprint density at radius 3 is 2.41 bits per heavy atom. The van der Waals surface area contributed by atoms with Gasteiger partial charge in [0.2, 0.25) is 5.91 Å². The molecule has 0 radical (unpaired) electrons. The molecule has 1 heterocycles. The second-order valence-electron chi connectivity index (χ2n) is 7.98. The van der Waals surface area contributed by atoms with Crippen molar-refractivity contribution in [3.63, 3.8) is 0 Å². The van der Waals surface area contributed by atoms with Crippen molar-refractivity contribution in [1.82, 2.24) is 4.57 Å². The molecule has 0 aliphatic rings. The summed E-state index contributed by atoms with van der Waals surface area (Å²) >= 11 is 0. The predicted molar refractivity (Wildman–Crippen MR) is 124 cm³/mol. The van der Waals surface area contributed by atoms with Crippen LogP contribution in [0.2, 0.25) is 0 Å². The van der Waals surface area contributed by atoms with E-state index in [-0.39, 0.29) is 22.9 Å². The highest BCUT2D eigenvalue weighted by molar-refractivity contribution is 7.90. The lowest BCUT2D eigenvalue weighted by molar-refractivity contribution is -0.137. The summed E-state index contributed by atoms with van der Waals surface area (Å²) in [7, 11) is -3.76. The summed E-state index contributed by atoms with van der Waals surface area (Å²) in [6.45, 7) is 1.52. The molecular weight excluding hydrogens is 465 g/mol. The molecule has 0 fully saturated rings. The third-order valence-corrected chi connectivity index (χ3v) is 7.06. The van der Waals surface area contributed by atoms with Gasteiger partial charge in [-0.15, -0.1) is 0 Å². The van der Waals surface area contributed by atoms with Gasteiger partial charge in [-0.25, -0.2) is 8.42 Å². The number of aryl methyl sites for hydroxylation is 1. The van der Waals surface area contributed by atoms with E-state index in [1.54, 1.807) is 42.5 Å². The Balaban J connectivity index is 1.65. The van der Waals surface area contributed by atoms with E-state index in [0.717, 1.165) is 11.6 Å². The van der Waals surface area contributed by atoms with Crippen molar-refractivity contribution in [2.24, 2.45) is 0 Å². The van der Waals surface area contributed by atoms with Crippen molar-refractivity contribution in [3.05, 3.63) is 95.7 Å². The van der Waals surface area contributed by atoms with Gasteiger partial charge in [0.15, 0.2) is 9.84 Å². The first-order valence-corrected chi connectivity index (χ1v) is 12.0. The number of halogens is 3. The first-order valence-electron chi connectivity index (χ1n) is 10.4. The maximum absolute atomic E-state index is 13.2. The number of carbonyl (C=O) groups excluding carboxylic acids is 1. The molecule has 176 valence electrons. The van der Waals surface area contributed by atoms with E-state index in [9.17, 15) is 26.4 Å². The van der Waals surface area contributed by atoms with E-state index in [0.29, 0.717) is 16.5 Å². The highest BCUT2D eigenvalue weighted by Gasteiger charge is 2.33. The number of anilines is 1. The van der Waals surface area contributed by atoms with E-state index in [1.807, 2.05) is 13.0 Å². The quantitative estimate of drug-likeness (QED) is 0.387. The van der Waals surface area contributed by atoms with Gasteiger partial charge in [-0.3, -0.25) is 4.79 Å². The van der Waals surface area contributed by atoms with E-state index in [1.165, 1.54) is 29.0 Å². The van der Waals surface area contributed by atoms with Crippen molar-refractivity contribution in [2.75, 3.05) is 5.32 Å². The summed E-state index contributed by atoms with van der Waals surface area (Å²) in [5, 5.41) is 2.74. The number of amides is 1. The maximum Gasteiger partial charge on any atom is 0.418 e. The molecule has 0 aliphatic heterocycles. The van der Waals surface area contributed by atoms with Gasteiger partial charge in [0.25, 0.3) is 0 Å². The van der Waals surface area contributed by atoms with Crippen LogP contribution >= 0.6 is 0 Å². The molecule has 4 aromatic rings. The summed E-state index contributed by atoms with van der Waals surface area (Å²) in [6.07, 6.45) is -3.26. The Kier molecular flexibility index (Phi) is 6.22. The smallest absolute Gasteiger partial charge is 0.337 e. The monoisotopic (exact) mass is 486 g/mol. The van der Waals surface area contributed by atoms with Crippen molar-refractivity contribution in [3.8, 4) is 0 Å². The number of hydrogen-bond acceptors (Lipinski definition) is 3. The first kappa shape index (κ1) is 23.6. The third-order valence-electron chi connectivity index (χ3n) is 5.35. The Bertz CT molecular complexity index is 1470. The van der Waals surface area contributed by atoms with Crippen LogP contribution in [0.5, 0.6) is 0 Å². The topological polar surface area (TPSA) is 68.2 Å². The molecule has 0 saturated carbocycles. The number of carbonyl (C=O) groups is 1. The van der Waals surface area contributed by atoms with E-state index in [2.05, 4.69) is 5.32 Å². The van der Waals surface area contributed by atoms with Crippen LogP contribution in [-0.2, 0) is 33.1 Å². The van der Waals surface area contributed by atoms with Gasteiger partial charge >= 0.3 is 6.18 Å². The van der Waals surface area contributed by atoms with Gasteiger partial charge in [0.05, 0.1) is 21.9 Å². The number of alkyl halides is 3. The van der Waals surface area contributed by atoms with Crippen LogP contribution in [0, 0.1) is 6.92 Å². The summed E-state index contributed by atoms with van der Waals surface area (Å²) in [5.74, 6) is -0.923. The van der Waals surface area contributed by atoms with Crippen LogP contribution in [0.3, 0.4) is 0 Å². The fourth-order valence-corrected chi connectivity index (χ4v) is 5.44. The standard InChI is InChI=1S/C25H21F3N2O3S/c1-17-7-6-8-18(13-17)16-34(32,33)23-14-30(22-12-5-2-9-19(22)23)15-24(31)29-21-11-4-3-10-20(21)25(26,27)28/h2-14H,15-16H2,1H3,(H,29,31). The Hall–Kier alpha value is -3.59. The van der Waals surface area contributed by atoms with Crippen LogP contribution in [0.15, 0.2) is 83.9 Å². The summed E-state index contributed by atoms with van der Waals surface area (Å²) in [6, 6.07) is 18.6. The van der Waals surface area contributed by atoms with Crippen molar-refractivity contribution >= 4 is 32.3 Å². The van der Waals surface area contributed by atoms with Crippen molar-refractivity contribution < 1.29 is 26.4 Å². The fraction of sp³-hybridized carbons (Fsp3) is 0.160. The lowest BCUT2D eigenvalue weighted by Crippen LogP contribution is -2.20. The Labute approximate surface area is 194 Å². The number of fused-ring (bicyclic) bond motifs is 1. The van der Waals surface area contributed by atoms with Crippen LogP contribution in [0.1, 0.15) is 16.7 Å². The zero-order chi connectivity index (χ0) is 24.5. The van der Waals surface area contributed by atoms with Gasteiger partial charge < -0.3 is 9.88 Å². The molecule has 0 unspecified atom stereocenters. The van der Waals surface area contributed by atoms with Crippen molar-refractivity contribution in [1.29, 1.82) is 0 Å². The zero-order valence-corrected chi connectivity index (χ0v) is 19.0. The number of benzene rings is 3. The third kappa shape index (κ3) is 4.99. The van der Waals surface area contributed by atoms with Crippen LogP contribution < -0.4 is 5.32 Å². The van der Waals surface area contributed by atoms with E-state index < -0.39 is 27.5 Å². The number of nitrogens with one attached hydrogen (secondary N) is 1. The molecule has 0 atom stereocenters. The minimum Gasteiger partial charge on any atom is -0.337 e. The first-order chi connectivity index (χ1) is 16.0. The Morgan fingerprint density at radius 2 is 1.68 bits per heavy atom. The number of para-hydroxylation sites is 2. The van der Waals surface area contributed by atoms with Gasteiger partial charge in [-0.05, 0) is 30.7 Å². The minimum atomic E-state index is -4.62. The maximum atomic E-state index is 13.2. The molecule has 3 aromatic carbocycles. The number of sulfone groups is 1. The predicted octanol–water partition coefficient (Wildman–Crippen LogP) is 5.58. The molecule has 1 aromatic heterocycles. The van der Waals surface area contributed by atoms with Gasteiger partial charge in [0, 0.05) is 17.1 Å². The van der Waals surface area contributed by atoms with E-state index in [4.69, 9.17) is 0 Å². The lowest BCUT2D eigenvalue weighted by atomic mass is 10.1. The molecular formula is C25H21F3N2O3S. The highest BCUT2D eigenvalue weighted by Crippen LogP contribution is 2.34. The summed E-state index contributed by atoms with van der Waals surface area (Å²) < 4.78 is 67.6. The number of rotatable bonds is 6. The van der Waals surface area contributed by atoms with Gasteiger partial charge in [-0.1, -0.05) is 60.2 Å². The summed E-state index contributed by atoms with van der Waals surface area (Å²) in [5.41, 5.74) is 0.750. The second kappa shape index (κ2) is 8.98. The fourth-order valence-electron chi connectivity index (χ4n) is 3.87. The van der Waals surface area contributed by atoms with E-state index >= 15 is 0 Å². The SMILES string of the molecule is Cc1cccc(CS(=O)(=O)c2cn(CC(=O)Nc3ccccc3C(F)(F)F)c3ccccc23)c1. The number of aromatic nitrogens is 1. The molecule has 0 saturated heterocycles. The lowest BCUT2D eigenvalue weighted by Gasteiger charge is -2.14. The molecule has 9 heteroatoms. The second-order valence-corrected chi connectivity index (χ2v) is 9.94. The molecule has 1 amide bonds. The van der Waals surface area contributed by atoms with Crippen LogP contribution in [0.25, 0.3) is 10.9 Å². The minimum absolute atomic E-state index is 0.0631. The average Bonchev–Trinajstić information content (AvgIpc) is 3.12.